The molecule has 2 heterocycles. The zero-order chi connectivity index (χ0) is 18.2. The SMILES string of the molecule is O=C(CN1CCN(Cc2ccccn2)CC1)NC(=O)NC1CCCCC1. The molecule has 7 nitrogen and oxygen atoms in total. The molecular weight excluding hydrogens is 330 g/mol. The molecule has 1 aromatic heterocycles. The van der Waals surface area contributed by atoms with Gasteiger partial charge in [0.05, 0.1) is 12.2 Å². The van der Waals surface area contributed by atoms with Gasteiger partial charge in [0.2, 0.25) is 5.91 Å². The van der Waals surface area contributed by atoms with Crippen molar-refractivity contribution in [3.63, 3.8) is 0 Å². The Balaban J connectivity index is 1.33. The molecule has 1 saturated heterocycles. The van der Waals surface area contributed by atoms with E-state index in [4.69, 9.17) is 0 Å². The molecule has 1 aromatic rings. The smallest absolute Gasteiger partial charge is 0.321 e. The molecule has 0 atom stereocenters. The Hall–Kier alpha value is -1.99. The molecule has 1 saturated carbocycles. The van der Waals surface area contributed by atoms with E-state index in [1.165, 1.54) is 6.42 Å². The van der Waals surface area contributed by atoms with Crippen LogP contribution in [0.1, 0.15) is 37.8 Å². The molecule has 0 bridgehead atoms. The molecule has 142 valence electrons. The van der Waals surface area contributed by atoms with E-state index < -0.39 is 0 Å². The summed E-state index contributed by atoms with van der Waals surface area (Å²) in [6, 6.07) is 5.82. The number of imide groups is 1. The second-order valence-corrected chi connectivity index (χ2v) is 7.23. The molecule has 0 radical (unpaired) electrons. The topological polar surface area (TPSA) is 77.6 Å². The summed E-state index contributed by atoms with van der Waals surface area (Å²) in [6.07, 6.45) is 7.39. The maximum absolute atomic E-state index is 12.1. The van der Waals surface area contributed by atoms with Crippen LogP contribution in [0.4, 0.5) is 4.79 Å². The molecule has 1 aliphatic carbocycles. The monoisotopic (exact) mass is 359 g/mol. The van der Waals surface area contributed by atoms with Crippen molar-refractivity contribution in [2.24, 2.45) is 0 Å². The minimum absolute atomic E-state index is 0.215. The van der Waals surface area contributed by atoms with Gasteiger partial charge in [-0.05, 0) is 25.0 Å². The number of nitrogens with one attached hydrogen (secondary N) is 2. The molecule has 0 aromatic carbocycles. The number of pyridine rings is 1. The molecule has 3 amide bonds. The Morgan fingerprint density at radius 3 is 2.46 bits per heavy atom. The van der Waals surface area contributed by atoms with E-state index in [2.05, 4.69) is 25.4 Å². The second-order valence-electron chi connectivity index (χ2n) is 7.23. The van der Waals surface area contributed by atoms with E-state index in [-0.39, 0.29) is 24.5 Å². The van der Waals surface area contributed by atoms with Crippen LogP contribution in [0.15, 0.2) is 24.4 Å². The minimum Gasteiger partial charge on any atom is -0.335 e. The van der Waals surface area contributed by atoms with Crippen molar-refractivity contribution in [1.82, 2.24) is 25.4 Å². The molecule has 2 fully saturated rings. The first-order chi connectivity index (χ1) is 12.7. The standard InChI is InChI=1S/C19H29N5O2/c25-18(22-19(26)21-16-6-2-1-3-7-16)15-24-12-10-23(11-13-24)14-17-8-4-5-9-20-17/h4-5,8-9,16H,1-3,6-7,10-15H2,(H2,21,22,25,26). The van der Waals surface area contributed by atoms with Crippen LogP contribution in [-0.2, 0) is 11.3 Å². The van der Waals surface area contributed by atoms with Crippen molar-refractivity contribution < 1.29 is 9.59 Å². The number of rotatable bonds is 5. The highest BCUT2D eigenvalue weighted by Gasteiger charge is 2.21. The van der Waals surface area contributed by atoms with E-state index in [0.29, 0.717) is 0 Å². The quantitative estimate of drug-likeness (QED) is 0.830. The summed E-state index contributed by atoms with van der Waals surface area (Å²) in [6.45, 7) is 4.56. The maximum atomic E-state index is 12.1. The summed E-state index contributed by atoms with van der Waals surface area (Å²) >= 11 is 0. The Morgan fingerprint density at radius 1 is 1.04 bits per heavy atom. The van der Waals surface area contributed by atoms with Gasteiger partial charge in [-0.2, -0.15) is 0 Å². The summed E-state index contributed by atoms with van der Waals surface area (Å²) in [7, 11) is 0. The first kappa shape index (κ1) is 18.8. The lowest BCUT2D eigenvalue weighted by Crippen LogP contribution is -2.51. The average Bonchev–Trinajstić information content (AvgIpc) is 2.65. The third-order valence-corrected chi connectivity index (χ3v) is 5.14. The molecule has 2 N–H and O–H groups in total. The Morgan fingerprint density at radius 2 is 1.77 bits per heavy atom. The van der Waals surface area contributed by atoms with Crippen LogP contribution in [0.2, 0.25) is 0 Å². The summed E-state index contributed by atoms with van der Waals surface area (Å²) in [5, 5.41) is 5.39. The lowest BCUT2D eigenvalue weighted by Gasteiger charge is -2.34. The van der Waals surface area contributed by atoms with E-state index in [1.807, 2.05) is 24.4 Å². The van der Waals surface area contributed by atoms with Crippen molar-refractivity contribution in [3.05, 3.63) is 30.1 Å². The highest BCUT2D eigenvalue weighted by Crippen LogP contribution is 2.17. The van der Waals surface area contributed by atoms with E-state index >= 15 is 0 Å². The Labute approximate surface area is 155 Å². The number of hydrogen-bond donors (Lipinski definition) is 2. The molecule has 1 aliphatic heterocycles. The first-order valence-corrected chi connectivity index (χ1v) is 9.64. The van der Waals surface area contributed by atoms with Crippen molar-refractivity contribution in [2.75, 3.05) is 32.7 Å². The van der Waals surface area contributed by atoms with Gasteiger partial charge in [0.1, 0.15) is 0 Å². The van der Waals surface area contributed by atoms with Gasteiger partial charge in [0.15, 0.2) is 0 Å². The molecule has 7 heteroatoms. The number of carbonyl (C=O) groups excluding carboxylic acids is 2. The number of carbonyl (C=O) groups is 2. The average molecular weight is 359 g/mol. The van der Waals surface area contributed by atoms with Crippen LogP contribution in [0.5, 0.6) is 0 Å². The highest BCUT2D eigenvalue weighted by molar-refractivity contribution is 5.95. The van der Waals surface area contributed by atoms with Crippen molar-refractivity contribution in [2.45, 2.75) is 44.7 Å². The van der Waals surface area contributed by atoms with Crippen LogP contribution in [0.3, 0.4) is 0 Å². The third kappa shape index (κ3) is 6.07. The van der Waals surface area contributed by atoms with E-state index in [1.54, 1.807) is 0 Å². The third-order valence-electron chi connectivity index (χ3n) is 5.14. The fraction of sp³-hybridized carbons (Fsp3) is 0.632. The Kier molecular flexibility index (Phi) is 6.96. The van der Waals surface area contributed by atoms with Crippen molar-refractivity contribution >= 4 is 11.9 Å². The van der Waals surface area contributed by atoms with Gasteiger partial charge in [0.25, 0.3) is 0 Å². The van der Waals surface area contributed by atoms with Gasteiger partial charge in [-0.15, -0.1) is 0 Å². The summed E-state index contributed by atoms with van der Waals surface area (Å²) in [5.74, 6) is -0.225. The molecule has 0 spiro atoms. The van der Waals surface area contributed by atoms with Gasteiger partial charge >= 0.3 is 6.03 Å². The second kappa shape index (κ2) is 9.64. The summed E-state index contributed by atoms with van der Waals surface area (Å²) in [5.41, 5.74) is 1.07. The lowest BCUT2D eigenvalue weighted by atomic mass is 9.96. The van der Waals surface area contributed by atoms with Gasteiger partial charge in [-0.1, -0.05) is 25.3 Å². The maximum Gasteiger partial charge on any atom is 0.321 e. The number of piperazine rings is 1. The molecule has 2 aliphatic rings. The zero-order valence-corrected chi connectivity index (χ0v) is 15.3. The fourth-order valence-corrected chi connectivity index (χ4v) is 3.66. The predicted molar refractivity (Wildman–Crippen MR) is 99.5 cm³/mol. The normalized spacial score (nSPS) is 19.8. The predicted octanol–water partition coefficient (Wildman–Crippen LogP) is 1.36. The number of urea groups is 1. The number of amides is 3. The van der Waals surface area contributed by atoms with E-state index in [0.717, 1.165) is 64.1 Å². The first-order valence-electron chi connectivity index (χ1n) is 9.64. The van der Waals surface area contributed by atoms with Crippen LogP contribution in [0.25, 0.3) is 0 Å². The number of hydrogen-bond acceptors (Lipinski definition) is 5. The van der Waals surface area contributed by atoms with Gasteiger partial charge in [0, 0.05) is 45.0 Å². The summed E-state index contributed by atoms with van der Waals surface area (Å²) < 4.78 is 0. The largest absolute Gasteiger partial charge is 0.335 e. The molecule has 26 heavy (non-hydrogen) atoms. The van der Waals surface area contributed by atoms with Crippen LogP contribution >= 0.6 is 0 Å². The van der Waals surface area contributed by atoms with Gasteiger partial charge in [-0.25, -0.2) is 4.79 Å². The van der Waals surface area contributed by atoms with Crippen molar-refractivity contribution in [3.8, 4) is 0 Å². The van der Waals surface area contributed by atoms with Crippen LogP contribution in [0, 0.1) is 0 Å². The zero-order valence-electron chi connectivity index (χ0n) is 15.3. The van der Waals surface area contributed by atoms with E-state index in [9.17, 15) is 9.59 Å². The minimum atomic E-state index is -0.351. The van der Waals surface area contributed by atoms with Crippen LogP contribution < -0.4 is 10.6 Å². The summed E-state index contributed by atoms with van der Waals surface area (Å²) in [4.78, 5) is 32.8. The van der Waals surface area contributed by atoms with Gasteiger partial charge in [-0.3, -0.25) is 24.9 Å². The van der Waals surface area contributed by atoms with Crippen LogP contribution in [-0.4, -0.2) is 65.5 Å². The number of aromatic nitrogens is 1. The molecular formula is C19H29N5O2. The lowest BCUT2D eigenvalue weighted by molar-refractivity contribution is -0.121. The highest BCUT2D eigenvalue weighted by atomic mass is 16.2. The fourth-order valence-electron chi connectivity index (χ4n) is 3.66. The van der Waals surface area contributed by atoms with Crippen molar-refractivity contribution in [1.29, 1.82) is 0 Å². The van der Waals surface area contributed by atoms with Gasteiger partial charge < -0.3 is 5.32 Å². The Bertz CT molecular complexity index is 581. The molecule has 3 rings (SSSR count). The number of nitrogens with zero attached hydrogens (tertiary/aromatic N) is 3. The molecule has 0 unspecified atom stereocenters.